The molecule has 12 heteroatoms. The van der Waals surface area contributed by atoms with E-state index in [0.717, 1.165) is 11.3 Å². The maximum atomic E-state index is 13.8. The van der Waals surface area contributed by atoms with Crippen LogP contribution in [0.25, 0.3) is 6.08 Å². The molecule has 0 saturated carbocycles. The summed E-state index contributed by atoms with van der Waals surface area (Å²) in [6.45, 7) is 7.30. The number of hydrogen-bond donors (Lipinski definition) is 1. The minimum Gasteiger partial charge on any atom is -0.501 e. The number of para-hydroxylation sites is 1. The number of aromatic hydroxyl groups is 1. The number of rotatable bonds is 7. The number of fused-ring (bicyclic) bond motifs is 1. The SMILES string of the molecule is CCOC(=O)C1=C(C)N=c2s/c(=C/c3cc(I)c(O)c([N+](=O)[O-])c3)c(=O)n2[C@@H]1c1ccccc1OC(C)C. The summed E-state index contributed by atoms with van der Waals surface area (Å²) in [6.07, 6.45) is 1.35. The van der Waals surface area contributed by atoms with Gasteiger partial charge >= 0.3 is 11.7 Å². The first-order chi connectivity index (χ1) is 18.0. The van der Waals surface area contributed by atoms with Gasteiger partial charge in [-0.05, 0) is 74.1 Å². The van der Waals surface area contributed by atoms with Crippen LogP contribution in [-0.2, 0) is 9.53 Å². The van der Waals surface area contributed by atoms with E-state index in [-0.39, 0.29) is 26.4 Å². The number of nitro benzene ring substituents is 1. The highest BCUT2D eigenvalue weighted by Gasteiger charge is 2.35. The van der Waals surface area contributed by atoms with Gasteiger partial charge in [0.25, 0.3) is 5.56 Å². The van der Waals surface area contributed by atoms with Gasteiger partial charge in [0.15, 0.2) is 4.80 Å². The molecule has 2 aromatic carbocycles. The second-order valence-electron chi connectivity index (χ2n) is 8.63. The summed E-state index contributed by atoms with van der Waals surface area (Å²) in [5, 5.41) is 21.4. The first-order valence-electron chi connectivity index (χ1n) is 11.7. The fourth-order valence-electron chi connectivity index (χ4n) is 4.13. The van der Waals surface area contributed by atoms with Crippen molar-refractivity contribution in [3.8, 4) is 11.5 Å². The van der Waals surface area contributed by atoms with Crippen LogP contribution in [0.15, 0.2) is 57.5 Å². The van der Waals surface area contributed by atoms with E-state index in [1.807, 2.05) is 19.9 Å². The van der Waals surface area contributed by atoms with E-state index in [0.29, 0.717) is 27.4 Å². The summed E-state index contributed by atoms with van der Waals surface area (Å²) < 4.78 is 13.3. The summed E-state index contributed by atoms with van der Waals surface area (Å²) >= 11 is 2.89. The highest BCUT2D eigenvalue weighted by molar-refractivity contribution is 14.1. The van der Waals surface area contributed by atoms with Gasteiger partial charge in [-0.2, -0.15) is 0 Å². The summed E-state index contributed by atoms with van der Waals surface area (Å²) in [7, 11) is 0. The summed E-state index contributed by atoms with van der Waals surface area (Å²) in [5.74, 6) is -0.510. The fraction of sp³-hybridized carbons (Fsp3) is 0.269. The van der Waals surface area contributed by atoms with Gasteiger partial charge in [-0.25, -0.2) is 9.79 Å². The highest BCUT2D eigenvalue weighted by Crippen LogP contribution is 2.36. The van der Waals surface area contributed by atoms with E-state index in [1.54, 1.807) is 60.7 Å². The first-order valence-corrected chi connectivity index (χ1v) is 13.5. The molecular formula is C26H24IN3O7S. The number of phenolic OH excluding ortho intramolecular Hbond substituents is 1. The molecule has 10 nitrogen and oxygen atoms in total. The van der Waals surface area contributed by atoms with E-state index >= 15 is 0 Å². The minimum absolute atomic E-state index is 0.148. The molecule has 0 spiro atoms. The molecule has 1 aromatic heterocycles. The zero-order chi connectivity index (χ0) is 27.7. The molecule has 0 aliphatic carbocycles. The number of thiazole rings is 1. The molecule has 2 heterocycles. The van der Waals surface area contributed by atoms with Crippen LogP contribution in [-0.4, -0.2) is 33.3 Å². The minimum atomic E-state index is -0.864. The molecule has 3 aromatic rings. The van der Waals surface area contributed by atoms with Gasteiger partial charge in [0.1, 0.15) is 11.8 Å². The van der Waals surface area contributed by atoms with Crippen LogP contribution in [0.3, 0.4) is 0 Å². The second kappa shape index (κ2) is 11.1. The Labute approximate surface area is 234 Å². The quantitative estimate of drug-likeness (QED) is 0.178. The van der Waals surface area contributed by atoms with Gasteiger partial charge in [0, 0.05) is 11.6 Å². The van der Waals surface area contributed by atoms with Crippen LogP contribution in [0, 0.1) is 13.7 Å². The van der Waals surface area contributed by atoms with Gasteiger partial charge < -0.3 is 14.6 Å². The maximum absolute atomic E-state index is 13.8. The third-order valence-electron chi connectivity index (χ3n) is 5.65. The summed E-state index contributed by atoms with van der Waals surface area (Å²) in [6, 6.07) is 9.06. The average molecular weight is 649 g/mol. The van der Waals surface area contributed by atoms with Crippen molar-refractivity contribution in [3.63, 3.8) is 0 Å². The molecule has 0 radical (unpaired) electrons. The maximum Gasteiger partial charge on any atom is 0.338 e. The van der Waals surface area contributed by atoms with Gasteiger partial charge in [-0.3, -0.25) is 19.5 Å². The number of nitrogens with zero attached hydrogens (tertiary/aromatic N) is 3. The lowest BCUT2D eigenvalue weighted by Gasteiger charge is -2.26. The molecule has 0 unspecified atom stereocenters. The fourth-order valence-corrected chi connectivity index (χ4v) is 5.81. The van der Waals surface area contributed by atoms with Crippen molar-refractivity contribution in [1.82, 2.24) is 4.57 Å². The van der Waals surface area contributed by atoms with Crippen LogP contribution < -0.4 is 19.6 Å². The van der Waals surface area contributed by atoms with Crippen LogP contribution in [0.2, 0.25) is 0 Å². The topological polar surface area (TPSA) is 133 Å². The molecule has 38 heavy (non-hydrogen) atoms. The van der Waals surface area contributed by atoms with Crippen molar-refractivity contribution < 1.29 is 24.3 Å². The Kier molecular flexibility index (Phi) is 8.02. The number of ether oxygens (including phenoxy) is 2. The Balaban J connectivity index is 1.99. The zero-order valence-corrected chi connectivity index (χ0v) is 23.9. The molecular weight excluding hydrogens is 625 g/mol. The Morgan fingerprint density at radius 3 is 2.71 bits per heavy atom. The van der Waals surface area contributed by atoms with Crippen molar-refractivity contribution in [2.45, 2.75) is 39.8 Å². The Morgan fingerprint density at radius 2 is 2.05 bits per heavy atom. The predicted molar refractivity (Wildman–Crippen MR) is 150 cm³/mol. The van der Waals surface area contributed by atoms with E-state index in [2.05, 4.69) is 4.99 Å². The number of aromatic nitrogens is 1. The molecule has 0 fully saturated rings. The number of hydrogen-bond acceptors (Lipinski definition) is 9. The molecule has 4 rings (SSSR count). The molecule has 1 atom stereocenters. The molecule has 1 N–H and O–H groups in total. The van der Waals surface area contributed by atoms with Gasteiger partial charge in [0.2, 0.25) is 5.75 Å². The lowest BCUT2D eigenvalue weighted by molar-refractivity contribution is -0.386. The van der Waals surface area contributed by atoms with E-state index in [1.165, 1.54) is 16.7 Å². The van der Waals surface area contributed by atoms with E-state index < -0.39 is 33.9 Å². The number of phenols is 1. The van der Waals surface area contributed by atoms with Gasteiger partial charge in [-0.1, -0.05) is 29.5 Å². The number of esters is 1. The Hall–Kier alpha value is -3.52. The second-order valence-corrected chi connectivity index (χ2v) is 10.8. The van der Waals surface area contributed by atoms with Crippen molar-refractivity contribution in [3.05, 3.63) is 92.2 Å². The number of allylic oxidation sites excluding steroid dienone is 1. The lowest BCUT2D eigenvalue weighted by Crippen LogP contribution is -2.40. The van der Waals surface area contributed by atoms with Gasteiger partial charge in [0.05, 0.1) is 37.0 Å². The number of carbonyl (C=O) groups excluding carboxylic acids is 1. The Morgan fingerprint density at radius 1 is 1.34 bits per heavy atom. The summed E-state index contributed by atoms with van der Waals surface area (Å²) in [5.41, 5.74) is 0.703. The van der Waals surface area contributed by atoms with Gasteiger partial charge in [-0.15, -0.1) is 0 Å². The number of nitro groups is 1. The molecule has 1 aliphatic rings. The van der Waals surface area contributed by atoms with Crippen LogP contribution in [0.5, 0.6) is 11.5 Å². The molecule has 0 saturated heterocycles. The molecule has 198 valence electrons. The standard InChI is InChI=1S/C26H24IN3O7S/c1-5-36-25(33)21-14(4)28-26-29(22(21)16-8-6-7-9-19(16)37-13(2)3)24(32)20(38-26)12-15-10-17(27)23(31)18(11-15)30(34)35/h6-13,22,31H,5H2,1-4H3/b20-12+/t22-/m1/s1. The van der Waals surface area contributed by atoms with Crippen LogP contribution in [0.1, 0.15) is 44.9 Å². The molecule has 1 aliphatic heterocycles. The van der Waals surface area contributed by atoms with Crippen LogP contribution >= 0.6 is 33.9 Å². The third-order valence-corrected chi connectivity index (χ3v) is 7.46. The Bertz CT molecular complexity index is 1660. The van der Waals surface area contributed by atoms with E-state index in [9.17, 15) is 24.8 Å². The zero-order valence-electron chi connectivity index (χ0n) is 20.9. The average Bonchev–Trinajstić information content (AvgIpc) is 3.14. The van der Waals surface area contributed by atoms with E-state index in [4.69, 9.17) is 9.47 Å². The van der Waals surface area contributed by atoms with Crippen molar-refractivity contribution >= 4 is 51.7 Å². The number of benzene rings is 2. The van der Waals surface area contributed by atoms with Crippen molar-refractivity contribution in [1.29, 1.82) is 0 Å². The number of carbonyl (C=O) groups is 1. The predicted octanol–water partition coefficient (Wildman–Crippen LogP) is 3.80. The largest absolute Gasteiger partial charge is 0.501 e. The summed E-state index contributed by atoms with van der Waals surface area (Å²) in [4.78, 5) is 42.6. The smallest absolute Gasteiger partial charge is 0.338 e. The van der Waals surface area contributed by atoms with Crippen molar-refractivity contribution in [2.24, 2.45) is 4.99 Å². The lowest BCUT2D eigenvalue weighted by atomic mass is 9.95. The highest BCUT2D eigenvalue weighted by atomic mass is 127. The van der Waals surface area contributed by atoms with Crippen molar-refractivity contribution in [2.75, 3.05) is 6.61 Å². The molecule has 0 bridgehead atoms. The normalized spacial score (nSPS) is 15.3. The monoisotopic (exact) mass is 649 g/mol. The third kappa shape index (κ3) is 5.23. The van der Waals surface area contributed by atoms with Crippen LogP contribution in [0.4, 0.5) is 5.69 Å². The first kappa shape index (κ1) is 27.5. The number of halogens is 1. The molecule has 0 amide bonds.